The van der Waals surface area contributed by atoms with Crippen LogP contribution in [0, 0.1) is 11.8 Å². The Morgan fingerprint density at radius 3 is 2.69 bits per heavy atom. The van der Waals surface area contributed by atoms with Gasteiger partial charge in [0.05, 0.1) is 12.6 Å². The zero-order valence-electron chi connectivity index (χ0n) is 9.48. The van der Waals surface area contributed by atoms with E-state index in [0.717, 1.165) is 32.5 Å². The highest BCUT2D eigenvalue weighted by Crippen LogP contribution is 2.16. The molecule has 0 aromatic heterocycles. The molecule has 4 heteroatoms. The van der Waals surface area contributed by atoms with Crippen LogP contribution in [0.25, 0.3) is 0 Å². The molecule has 0 aromatic carbocycles. The number of hydrogen-bond acceptors (Lipinski definition) is 2. The highest BCUT2D eigenvalue weighted by molar-refractivity contribution is 5.66. The molecule has 2 aliphatic heterocycles. The summed E-state index contributed by atoms with van der Waals surface area (Å²) in [6, 6.07) is -0.0693. The van der Waals surface area contributed by atoms with Crippen molar-refractivity contribution in [3.63, 3.8) is 0 Å². The van der Waals surface area contributed by atoms with Crippen molar-refractivity contribution in [3.8, 4) is 11.8 Å². The maximum absolute atomic E-state index is 10.9. The molecular weight excluding hydrogens is 204 g/mol. The van der Waals surface area contributed by atoms with E-state index in [4.69, 9.17) is 5.11 Å². The highest BCUT2D eigenvalue weighted by Gasteiger charge is 2.26. The lowest BCUT2D eigenvalue weighted by molar-refractivity contribution is 0.148. The second-order valence-corrected chi connectivity index (χ2v) is 4.44. The second kappa shape index (κ2) is 5.22. The van der Waals surface area contributed by atoms with Crippen molar-refractivity contribution < 1.29 is 9.90 Å². The topological polar surface area (TPSA) is 43.8 Å². The Balaban J connectivity index is 1.83. The van der Waals surface area contributed by atoms with Gasteiger partial charge < -0.3 is 5.11 Å². The molecule has 2 saturated heterocycles. The molecule has 16 heavy (non-hydrogen) atoms. The predicted octanol–water partition coefficient (Wildman–Crippen LogP) is 1.23. The predicted molar refractivity (Wildman–Crippen MR) is 61.2 cm³/mol. The van der Waals surface area contributed by atoms with Crippen LogP contribution in [-0.4, -0.2) is 53.2 Å². The van der Waals surface area contributed by atoms with Crippen molar-refractivity contribution in [2.75, 3.05) is 26.2 Å². The van der Waals surface area contributed by atoms with Gasteiger partial charge in [0, 0.05) is 6.54 Å². The molecule has 1 atom stereocenters. The molecule has 1 unspecified atom stereocenters. The van der Waals surface area contributed by atoms with E-state index in [1.54, 1.807) is 0 Å². The minimum absolute atomic E-state index is 0.0693. The maximum atomic E-state index is 10.9. The van der Waals surface area contributed by atoms with Crippen molar-refractivity contribution in [1.29, 1.82) is 0 Å². The van der Waals surface area contributed by atoms with Crippen LogP contribution in [0.3, 0.4) is 0 Å². The number of carbonyl (C=O) groups is 1. The number of rotatable bonds is 1. The fourth-order valence-corrected chi connectivity index (χ4v) is 2.36. The third-order valence-corrected chi connectivity index (χ3v) is 3.27. The molecule has 0 aliphatic carbocycles. The normalized spacial score (nSPS) is 25.5. The van der Waals surface area contributed by atoms with Crippen LogP contribution in [0.5, 0.6) is 0 Å². The van der Waals surface area contributed by atoms with Gasteiger partial charge in [0.1, 0.15) is 0 Å². The van der Waals surface area contributed by atoms with Crippen LogP contribution < -0.4 is 0 Å². The van der Waals surface area contributed by atoms with Crippen molar-refractivity contribution in [3.05, 3.63) is 0 Å². The monoisotopic (exact) mass is 222 g/mol. The van der Waals surface area contributed by atoms with Gasteiger partial charge in [0.15, 0.2) is 0 Å². The summed E-state index contributed by atoms with van der Waals surface area (Å²) in [5.41, 5.74) is 0. The number of amides is 1. The smallest absolute Gasteiger partial charge is 0.408 e. The minimum atomic E-state index is -0.835. The van der Waals surface area contributed by atoms with Gasteiger partial charge in [-0.15, -0.1) is 0 Å². The molecule has 2 aliphatic rings. The fourth-order valence-electron chi connectivity index (χ4n) is 2.36. The molecule has 1 amide bonds. The van der Waals surface area contributed by atoms with Gasteiger partial charge in [-0.05, 0) is 38.8 Å². The summed E-state index contributed by atoms with van der Waals surface area (Å²) in [4.78, 5) is 14.7. The lowest BCUT2D eigenvalue weighted by Gasteiger charge is -2.16. The van der Waals surface area contributed by atoms with Crippen molar-refractivity contribution in [1.82, 2.24) is 9.80 Å². The third-order valence-electron chi connectivity index (χ3n) is 3.27. The van der Waals surface area contributed by atoms with E-state index in [1.165, 1.54) is 17.7 Å². The van der Waals surface area contributed by atoms with Crippen molar-refractivity contribution in [2.24, 2.45) is 0 Å². The first kappa shape index (κ1) is 11.3. The van der Waals surface area contributed by atoms with Crippen LogP contribution in [0.15, 0.2) is 0 Å². The lowest BCUT2D eigenvalue weighted by atomic mass is 10.2. The van der Waals surface area contributed by atoms with Crippen LogP contribution in [0.4, 0.5) is 4.79 Å². The van der Waals surface area contributed by atoms with Crippen LogP contribution in [0.1, 0.15) is 25.7 Å². The average Bonchev–Trinajstić information content (AvgIpc) is 2.87. The number of hydrogen-bond donors (Lipinski definition) is 1. The molecule has 2 fully saturated rings. The van der Waals surface area contributed by atoms with Crippen molar-refractivity contribution in [2.45, 2.75) is 31.7 Å². The molecule has 0 aromatic rings. The number of likely N-dealkylation sites (tertiary alicyclic amines) is 2. The first-order chi connectivity index (χ1) is 7.77. The van der Waals surface area contributed by atoms with E-state index >= 15 is 0 Å². The van der Waals surface area contributed by atoms with Gasteiger partial charge in [-0.3, -0.25) is 9.80 Å². The van der Waals surface area contributed by atoms with Crippen LogP contribution in [0.2, 0.25) is 0 Å². The van der Waals surface area contributed by atoms with Gasteiger partial charge in [-0.25, -0.2) is 4.79 Å². The zero-order chi connectivity index (χ0) is 11.4. The highest BCUT2D eigenvalue weighted by atomic mass is 16.4. The van der Waals surface area contributed by atoms with Gasteiger partial charge in [0.25, 0.3) is 0 Å². The lowest BCUT2D eigenvalue weighted by Crippen LogP contribution is -2.33. The number of nitrogens with zero attached hydrogens (tertiary/aromatic N) is 2. The standard InChI is InChI=1S/C12H18N2O2/c15-12(16)14-10-4-6-11(14)5-3-9-13-7-1-2-8-13/h11H,1-2,4,6-10H2,(H,15,16). The Morgan fingerprint density at radius 2 is 2.00 bits per heavy atom. The summed E-state index contributed by atoms with van der Waals surface area (Å²) < 4.78 is 0. The van der Waals surface area contributed by atoms with E-state index in [2.05, 4.69) is 16.7 Å². The number of carboxylic acid groups (broad SMARTS) is 1. The molecule has 0 bridgehead atoms. The summed E-state index contributed by atoms with van der Waals surface area (Å²) in [6.07, 6.45) is 3.53. The molecule has 2 rings (SSSR count). The van der Waals surface area contributed by atoms with Crippen molar-refractivity contribution >= 4 is 6.09 Å². The van der Waals surface area contributed by atoms with Gasteiger partial charge in [-0.2, -0.15) is 0 Å². The van der Waals surface area contributed by atoms with E-state index in [1.807, 2.05) is 0 Å². The van der Waals surface area contributed by atoms with E-state index in [9.17, 15) is 4.79 Å². The van der Waals surface area contributed by atoms with Crippen LogP contribution >= 0.6 is 0 Å². The average molecular weight is 222 g/mol. The Bertz CT molecular complexity index is 313. The third kappa shape index (κ3) is 2.67. The minimum Gasteiger partial charge on any atom is -0.465 e. The first-order valence-electron chi connectivity index (χ1n) is 5.97. The fraction of sp³-hybridized carbons (Fsp3) is 0.750. The molecule has 4 nitrogen and oxygen atoms in total. The Hall–Kier alpha value is -1.21. The summed E-state index contributed by atoms with van der Waals surface area (Å²) in [5.74, 6) is 6.22. The van der Waals surface area contributed by atoms with Crippen LogP contribution in [-0.2, 0) is 0 Å². The quantitative estimate of drug-likeness (QED) is 0.679. The summed E-state index contributed by atoms with van der Waals surface area (Å²) >= 11 is 0. The Morgan fingerprint density at radius 1 is 1.25 bits per heavy atom. The summed E-state index contributed by atoms with van der Waals surface area (Å²) in [7, 11) is 0. The van der Waals surface area contributed by atoms with E-state index in [0.29, 0.717) is 6.54 Å². The van der Waals surface area contributed by atoms with E-state index in [-0.39, 0.29) is 6.04 Å². The second-order valence-electron chi connectivity index (χ2n) is 4.44. The van der Waals surface area contributed by atoms with Gasteiger partial charge in [-0.1, -0.05) is 11.8 Å². The first-order valence-corrected chi connectivity index (χ1v) is 5.97. The molecule has 0 saturated carbocycles. The molecule has 1 N–H and O–H groups in total. The molecule has 0 radical (unpaired) electrons. The SMILES string of the molecule is O=C(O)N1CCCC1C#CCN1CCCC1. The van der Waals surface area contributed by atoms with Gasteiger partial charge >= 0.3 is 6.09 Å². The molecule has 88 valence electrons. The van der Waals surface area contributed by atoms with E-state index < -0.39 is 6.09 Å². The maximum Gasteiger partial charge on any atom is 0.408 e. The largest absolute Gasteiger partial charge is 0.465 e. The summed E-state index contributed by atoms with van der Waals surface area (Å²) in [6.45, 7) is 3.71. The van der Waals surface area contributed by atoms with Gasteiger partial charge in [0.2, 0.25) is 0 Å². The molecule has 0 spiro atoms. The Kier molecular flexibility index (Phi) is 3.68. The Labute approximate surface area is 96.2 Å². The molecule has 2 heterocycles. The zero-order valence-corrected chi connectivity index (χ0v) is 9.48. The summed E-state index contributed by atoms with van der Waals surface area (Å²) in [5, 5.41) is 8.94. The molecular formula is C12H18N2O2.